The maximum atomic E-state index is 5.99. The zero-order chi connectivity index (χ0) is 12.1. The van der Waals surface area contributed by atoms with Gasteiger partial charge in [0.05, 0.1) is 11.2 Å². The minimum atomic E-state index is 0.559. The molecule has 0 spiro atoms. The van der Waals surface area contributed by atoms with Gasteiger partial charge in [0.1, 0.15) is 5.82 Å². The van der Waals surface area contributed by atoms with Gasteiger partial charge in [-0.15, -0.1) is 0 Å². The number of aromatic nitrogens is 1. The van der Waals surface area contributed by atoms with E-state index in [2.05, 4.69) is 15.5 Å². The summed E-state index contributed by atoms with van der Waals surface area (Å²) < 4.78 is 0. The topological polar surface area (TPSA) is 37.3 Å². The normalized spacial score (nSPS) is 10.7. The fourth-order valence-corrected chi connectivity index (χ4v) is 1.66. The Kier molecular flexibility index (Phi) is 3.96. The Labute approximate surface area is 109 Å². The number of nitrogens with one attached hydrogen (secondary N) is 1. The second-order valence-corrected chi connectivity index (χ2v) is 4.09. The molecule has 0 aliphatic carbocycles. The van der Waals surface area contributed by atoms with Crippen LogP contribution in [0.3, 0.4) is 0 Å². The predicted molar refractivity (Wildman–Crippen MR) is 71.9 cm³/mol. The van der Waals surface area contributed by atoms with E-state index in [1.54, 1.807) is 30.6 Å². The summed E-state index contributed by atoms with van der Waals surface area (Å²) in [4.78, 5) is 4.07. The molecular weight excluding hydrogens is 257 g/mol. The van der Waals surface area contributed by atoms with Crippen LogP contribution >= 0.6 is 23.2 Å². The van der Waals surface area contributed by atoms with Crippen molar-refractivity contribution in [3.63, 3.8) is 0 Å². The average molecular weight is 266 g/mol. The molecule has 0 amide bonds. The molecule has 1 heterocycles. The number of benzene rings is 1. The molecule has 0 radical (unpaired) electrons. The van der Waals surface area contributed by atoms with E-state index in [-0.39, 0.29) is 0 Å². The zero-order valence-corrected chi connectivity index (χ0v) is 10.3. The molecule has 5 heteroatoms. The van der Waals surface area contributed by atoms with Crippen molar-refractivity contribution < 1.29 is 0 Å². The summed E-state index contributed by atoms with van der Waals surface area (Å²) in [5.41, 5.74) is 3.59. The molecule has 0 bridgehead atoms. The molecule has 2 aromatic rings. The van der Waals surface area contributed by atoms with E-state index in [1.807, 2.05) is 18.2 Å². The SMILES string of the molecule is Clc1ccc(/C=N/Nc2ccccn2)c(Cl)c1. The van der Waals surface area contributed by atoms with Crippen LogP contribution in [0.4, 0.5) is 5.82 Å². The maximum absolute atomic E-state index is 5.99. The Bertz CT molecular complexity index is 527. The number of nitrogens with zero attached hydrogens (tertiary/aromatic N) is 2. The zero-order valence-electron chi connectivity index (χ0n) is 8.77. The molecule has 0 fully saturated rings. The van der Waals surface area contributed by atoms with Gasteiger partial charge < -0.3 is 0 Å². The minimum Gasteiger partial charge on any atom is -0.261 e. The van der Waals surface area contributed by atoms with Crippen LogP contribution in [0.25, 0.3) is 0 Å². The highest BCUT2D eigenvalue weighted by Crippen LogP contribution is 2.19. The Morgan fingerprint density at radius 3 is 2.76 bits per heavy atom. The number of rotatable bonds is 3. The summed E-state index contributed by atoms with van der Waals surface area (Å²) in [6, 6.07) is 10.8. The van der Waals surface area contributed by atoms with Crippen molar-refractivity contribution in [2.45, 2.75) is 0 Å². The minimum absolute atomic E-state index is 0.559. The van der Waals surface area contributed by atoms with Gasteiger partial charge in [-0.3, -0.25) is 5.43 Å². The molecule has 17 heavy (non-hydrogen) atoms. The van der Waals surface area contributed by atoms with E-state index in [4.69, 9.17) is 23.2 Å². The van der Waals surface area contributed by atoms with Crippen LogP contribution in [0.2, 0.25) is 10.0 Å². The summed E-state index contributed by atoms with van der Waals surface area (Å²) in [7, 11) is 0. The number of anilines is 1. The fraction of sp³-hybridized carbons (Fsp3) is 0. The van der Waals surface area contributed by atoms with Crippen molar-refractivity contribution in [3.05, 3.63) is 58.2 Å². The molecule has 1 N–H and O–H groups in total. The lowest BCUT2D eigenvalue weighted by Gasteiger charge is -1.99. The van der Waals surface area contributed by atoms with Gasteiger partial charge in [-0.2, -0.15) is 5.10 Å². The smallest absolute Gasteiger partial charge is 0.146 e. The van der Waals surface area contributed by atoms with Gasteiger partial charge in [0.25, 0.3) is 0 Å². The van der Waals surface area contributed by atoms with E-state index in [1.165, 1.54) is 0 Å². The number of pyridine rings is 1. The summed E-state index contributed by atoms with van der Waals surface area (Å²) in [6.45, 7) is 0. The molecule has 0 saturated heterocycles. The van der Waals surface area contributed by atoms with Crippen molar-refractivity contribution in [1.82, 2.24) is 4.98 Å². The number of hydrogen-bond acceptors (Lipinski definition) is 3. The largest absolute Gasteiger partial charge is 0.261 e. The van der Waals surface area contributed by atoms with Crippen LogP contribution in [-0.4, -0.2) is 11.2 Å². The lowest BCUT2D eigenvalue weighted by atomic mass is 10.2. The third kappa shape index (κ3) is 3.44. The van der Waals surface area contributed by atoms with E-state index >= 15 is 0 Å². The second-order valence-electron chi connectivity index (χ2n) is 3.25. The van der Waals surface area contributed by atoms with E-state index in [9.17, 15) is 0 Å². The van der Waals surface area contributed by atoms with Crippen molar-refractivity contribution in [1.29, 1.82) is 0 Å². The first-order chi connectivity index (χ1) is 8.25. The first kappa shape index (κ1) is 11.9. The quantitative estimate of drug-likeness (QED) is 0.677. The van der Waals surface area contributed by atoms with Gasteiger partial charge in [0.15, 0.2) is 0 Å². The van der Waals surface area contributed by atoms with Gasteiger partial charge in [0.2, 0.25) is 0 Å². The number of hydrazone groups is 1. The Morgan fingerprint density at radius 1 is 1.18 bits per heavy atom. The molecule has 0 atom stereocenters. The van der Waals surface area contributed by atoms with E-state index in [0.29, 0.717) is 15.9 Å². The Morgan fingerprint density at radius 2 is 2.06 bits per heavy atom. The molecule has 0 aliphatic rings. The van der Waals surface area contributed by atoms with Crippen LogP contribution in [0.1, 0.15) is 5.56 Å². The molecular formula is C12H9Cl2N3. The number of halogens is 2. The first-order valence-corrected chi connectivity index (χ1v) is 5.66. The van der Waals surface area contributed by atoms with Gasteiger partial charge in [-0.05, 0) is 24.3 Å². The lowest BCUT2D eigenvalue weighted by molar-refractivity contribution is 1.23. The highest BCUT2D eigenvalue weighted by molar-refractivity contribution is 6.36. The molecule has 86 valence electrons. The van der Waals surface area contributed by atoms with Crippen LogP contribution in [0.15, 0.2) is 47.7 Å². The molecule has 3 nitrogen and oxygen atoms in total. The van der Waals surface area contributed by atoms with Crippen LogP contribution in [0.5, 0.6) is 0 Å². The lowest BCUT2D eigenvalue weighted by Crippen LogP contribution is -1.92. The van der Waals surface area contributed by atoms with Crippen molar-refractivity contribution in [2.75, 3.05) is 5.43 Å². The third-order valence-electron chi connectivity index (χ3n) is 2.01. The second kappa shape index (κ2) is 5.66. The maximum Gasteiger partial charge on any atom is 0.146 e. The highest BCUT2D eigenvalue weighted by Gasteiger charge is 1.97. The fourth-order valence-electron chi connectivity index (χ4n) is 1.20. The predicted octanol–water partition coefficient (Wildman–Crippen LogP) is 3.83. The summed E-state index contributed by atoms with van der Waals surface area (Å²) >= 11 is 11.8. The summed E-state index contributed by atoms with van der Waals surface area (Å²) in [5.74, 6) is 0.675. The molecule has 0 saturated carbocycles. The Balaban J connectivity index is 2.06. The molecule has 1 aromatic heterocycles. The molecule has 0 aliphatic heterocycles. The van der Waals surface area contributed by atoms with Gasteiger partial charge >= 0.3 is 0 Å². The summed E-state index contributed by atoms with van der Waals surface area (Å²) in [6.07, 6.45) is 3.31. The van der Waals surface area contributed by atoms with Crippen LogP contribution in [0, 0.1) is 0 Å². The van der Waals surface area contributed by atoms with Gasteiger partial charge in [0, 0.05) is 16.8 Å². The van der Waals surface area contributed by atoms with Gasteiger partial charge in [-0.1, -0.05) is 35.3 Å². The van der Waals surface area contributed by atoms with Crippen LogP contribution < -0.4 is 5.43 Å². The number of hydrogen-bond donors (Lipinski definition) is 1. The summed E-state index contributed by atoms with van der Waals surface area (Å²) in [5, 5.41) is 5.20. The highest BCUT2D eigenvalue weighted by atomic mass is 35.5. The van der Waals surface area contributed by atoms with Crippen molar-refractivity contribution in [3.8, 4) is 0 Å². The van der Waals surface area contributed by atoms with Gasteiger partial charge in [-0.25, -0.2) is 4.98 Å². The third-order valence-corrected chi connectivity index (χ3v) is 2.57. The Hall–Kier alpha value is -1.58. The molecule has 2 rings (SSSR count). The van der Waals surface area contributed by atoms with Crippen LogP contribution in [-0.2, 0) is 0 Å². The molecule has 0 unspecified atom stereocenters. The molecule has 1 aromatic carbocycles. The van der Waals surface area contributed by atoms with E-state index < -0.39 is 0 Å². The standard InChI is InChI=1S/C12H9Cl2N3/c13-10-5-4-9(11(14)7-10)8-16-17-12-3-1-2-6-15-12/h1-8H,(H,15,17)/b16-8+. The van der Waals surface area contributed by atoms with Crippen molar-refractivity contribution in [2.24, 2.45) is 5.10 Å². The first-order valence-electron chi connectivity index (χ1n) is 4.91. The monoisotopic (exact) mass is 265 g/mol. The van der Waals surface area contributed by atoms with Crippen molar-refractivity contribution >= 4 is 35.2 Å². The van der Waals surface area contributed by atoms with E-state index in [0.717, 1.165) is 5.56 Å². The average Bonchev–Trinajstić information content (AvgIpc) is 2.33.